The molecule has 6 nitrogen and oxygen atoms in total. The van der Waals surface area contributed by atoms with Gasteiger partial charge < -0.3 is 0 Å². The number of thiazole rings is 1. The first kappa shape index (κ1) is 19.5. The zero-order valence-corrected chi connectivity index (χ0v) is 17.9. The van der Waals surface area contributed by atoms with Crippen molar-refractivity contribution in [2.24, 2.45) is 0 Å². The molecular weight excluding hydrogens is 406 g/mol. The summed E-state index contributed by atoms with van der Waals surface area (Å²) in [5, 5.41) is 5.78. The van der Waals surface area contributed by atoms with Gasteiger partial charge in [0, 0.05) is 29.2 Å². The van der Waals surface area contributed by atoms with Gasteiger partial charge in [-0.3, -0.25) is 19.4 Å². The molecule has 0 aliphatic rings. The molecule has 3 heterocycles. The zero-order chi connectivity index (χ0) is 20.5. The van der Waals surface area contributed by atoms with Crippen LogP contribution in [0.15, 0.2) is 48.8 Å². The molecule has 0 N–H and O–H groups in total. The molecule has 0 radical (unpaired) electrons. The summed E-state index contributed by atoms with van der Waals surface area (Å²) >= 11 is 7.56. The Kier molecular flexibility index (Phi) is 5.34. The summed E-state index contributed by atoms with van der Waals surface area (Å²) in [4.78, 5) is 23.9. The zero-order valence-electron chi connectivity index (χ0n) is 16.3. The molecule has 0 atom stereocenters. The minimum atomic E-state index is -0.193. The summed E-state index contributed by atoms with van der Waals surface area (Å²) in [7, 11) is 0. The van der Waals surface area contributed by atoms with Gasteiger partial charge in [0.15, 0.2) is 10.8 Å². The van der Waals surface area contributed by atoms with Gasteiger partial charge in [0.1, 0.15) is 0 Å². The molecule has 4 rings (SSSR count). The molecular formula is C21H20ClN5OS. The SMILES string of the molecule is Cc1cc(C(=O)N(Cc2cccnc2)c2nc3ccc(Cl)cc3s2)nn1C(C)C. The van der Waals surface area contributed by atoms with E-state index in [1.807, 2.05) is 55.8 Å². The fourth-order valence-electron chi connectivity index (χ4n) is 3.16. The van der Waals surface area contributed by atoms with Crippen molar-refractivity contribution in [2.45, 2.75) is 33.4 Å². The van der Waals surface area contributed by atoms with Gasteiger partial charge in [0.2, 0.25) is 0 Å². The van der Waals surface area contributed by atoms with Crippen LogP contribution in [0.3, 0.4) is 0 Å². The highest BCUT2D eigenvalue weighted by Crippen LogP contribution is 2.32. The lowest BCUT2D eigenvalue weighted by Crippen LogP contribution is -2.31. The second-order valence-corrected chi connectivity index (χ2v) is 8.52. The van der Waals surface area contributed by atoms with Gasteiger partial charge in [-0.2, -0.15) is 5.10 Å². The highest BCUT2D eigenvalue weighted by molar-refractivity contribution is 7.22. The number of aryl methyl sites for hydroxylation is 1. The van der Waals surface area contributed by atoms with E-state index < -0.39 is 0 Å². The second-order valence-electron chi connectivity index (χ2n) is 7.07. The van der Waals surface area contributed by atoms with E-state index in [9.17, 15) is 4.79 Å². The average molecular weight is 426 g/mol. The Morgan fingerprint density at radius 3 is 2.79 bits per heavy atom. The molecule has 1 amide bonds. The molecule has 0 bridgehead atoms. The number of pyridine rings is 1. The van der Waals surface area contributed by atoms with Crippen LogP contribution in [0.4, 0.5) is 5.13 Å². The Morgan fingerprint density at radius 1 is 1.28 bits per heavy atom. The second kappa shape index (κ2) is 7.93. The number of hydrogen-bond acceptors (Lipinski definition) is 5. The van der Waals surface area contributed by atoms with Gasteiger partial charge in [-0.25, -0.2) is 4.98 Å². The third-order valence-corrected chi connectivity index (χ3v) is 5.79. The largest absolute Gasteiger partial charge is 0.280 e. The lowest BCUT2D eigenvalue weighted by Gasteiger charge is -2.18. The summed E-state index contributed by atoms with van der Waals surface area (Å²) in [6.45, 7) is 6.39. The van der Waals surface area contributed by atoms with E-state index in [1.165, 1.54) is 11.3 Å². The van der Waals surface area contributed by atoms with Crippen molar-refractivity contribution < 1.29 is 4.79 Å². The van der Waals surface area contributed by atoms with E-state index in [0.717, 1.165) is 21.5 Å². The monoisotopic (exact) mass is 425 g/mol. The van der Waals surface area contributed by atoms with Crippen LogP contribution in [-0.4, -0.2) is 25.7 Å². The lowest BCUT2D eigenvalue weighted by molar-refractivity contribution is 0.0979. The molecule has 0 saturated carbocycles. The van der Waals surface area contributed by atoms with E-state index in [1.54, 1.807) is 23.4 Å². The van der Waals surface area contributed by atoms with Crippen molar-refractivity contribution in [1.82, 2.24) is 19.7 Å². The minimum absolute atomic E-state index is 0.174. The lowest BCUT2D eigenvalue weighted by atomic mass is 10.2. The highest BCUT2D eigenvalue weighted by Gasteiger charge is 2.25. The predicted molar refractivity (Wildman–Crippen MR) is 117 cm³/mol. The maximum atomic E-state index is 13.5. The predicted octanol–water partition coefficient (Wildman–Crippen LogP) is 5.28. The third-order valence-electron chi connectivity index (χ3n) is 4.51. The van der Waals surface area contributed by atoms with Crippen molar-refractivity contribution in [3.63, 3.8) is 0 Å². The van der Waals surface area contributed by atoms with Crippen LogP contribution in [0.5, 0.6) is 0 Å². The molecule has 4 aromatic rings. The molecule has 0 spiro atoms. The maximum Gasteiger partial charge on any atom is 0.280 e. The topological polar surface area (TPSA) is 63.9 Å². The molecule has 3 aromatic heterocycles. The van der Waals surface area contributed by atoms with Gasteiger partial charge in [-0.1, -0.05) is 29.0 Å². The van der Waals surface area contributed by atoms with Crippen LogP contribution in [0.2, 0.25) is 5.02 Å². The number of benzene rings is 1. The first-order valence-electron chi connectivity index (χ1n) is 9.25. The first-order chi connectivity index (χ1) is 13.9. The van der Waals surface area contributed by atoms with Crippen LogP contribution in [0.1, 0.15) is 41.6 Å². The normalized spacial score (nSPS) is 11.3. The van der Waals surface area contributed by atoms with Gasteiger partial charge in [0.05, 0.1) is 16.8 Å². The number of aromatic nitrogens is 4. The van der Waals surface area contributed by atoms with E-state index in [-0.39, 0.29) is 11.9 Å². The molecule has 0 fully saturated rings. The number of anilines is 1. The molecule has 0 aliphatic carbocycles. The van der Waals surface area contributed by atoms with Crippen molar-refractivity contribution in [3.05, 3.63) is 70.8 Å². The van der Waals surface area contributed by atoms with Crippen molar-refractivity contribution >= 4 is 44.2 Å². The smallest absolute Gasteiger partial charge is 0.278 e. The van der Waals surface area contributed by atoms with Crippen LogP contribution in [-0.2, 0) is 6.54 Å². The molecule has 1 aromatic carbocycles. The number of hydrogen-bond donors (Lipinski definition) is 0. The number of nitrogens with zero attached hydrogens (tertiary/aromatic N) is 5. The van der Waals surface area contributed by atoms with E-state index >= 15 is 0 Å². The Morgan fingerprint density at radius 2 is 2.10 bits per heavy atom. The van der Waals surface area contributed by atoms with E-state index in [2.05, 4.69) is 15.1 Å². The third kappa shape index (κ3) is 4.02. The number of carbonyl (C=O) groups is 1. The summed E-state index contributed by atoms with van der Waals surface area (Å²) in [5.74, 6) is -0.193. The van der Waals surface area contributed by atoms with Crippen LogP contribution in [0.25, 0.3) is 10.2 Å². The number of halogens is 1. The standard InChI is InChI=1S/C21H20ClN5OS/c1-13(2)27-14(3)9-18(25-27)20(28)26(12-15-5-4-8-23-11-15)21-24-17-7-6-16(22)10-19(17)29-21/h4-11,13H,12H2,1-3H3. The Hall–Kier alpha value is -2.77. The van der Waals surface area contributed by atoms with Crippen molar-refractivity contribution in [3.8, 4) is 0 Å². The van der Waals surface area contributed by atoms with Gasteiger partial charge in [-0.15, -0.1) is 0 Å². The number of carbonyl (C=O) groups excluding carboxylic acids is 1. The van der Waals surface area contributed by atoms with Crippen LogP contribution >= 0.6 is 22.9 Å². The average Bonchev–Trinajstić information content (AvgIpc) is 3.29. The summed E-state index contributed by atoms with van der Waals surface area (Å²) in [6, 6.07) is 11.3. The fourth-order valence-corrected chi connectivity index (χ4v) is 4.39. The van der Waals surface area contributed by atoms with E-state index in [4.69, 9.17) is 11.6 Å². The van der Waals surface area contributed by atoms with Gasteiger partial charge >= 0.3 is 0 Å². The highest BCUT2D eigenvalue weighted by atomic mass is 35.5. The van der Waals surface area contributed by atoms with Crippen molar-refractivity contribution in [2.75, 3.05) is 4.90 Å². The molecule has 29 heavy (non-hydrogen) atoms. The van der Waals surface area contributed by atoms with Gasteiger partial charge in [-0.05, 0) is 56.7 Å². The first-order valence-corrected chi connectivity index (χ1v) is 10.4. The minimum Gasteiger partial charge on any atom is -0.278 e. The van der Waals surface area contributed by atoms with Crippen LogP contribution < -0.4 is 4.90 Å². The van der Waals surface area contributed by atoms with Crippen LogP contribution in [0, 0.1) is 6.92 Å². The molecule has 0 unspecified atom stereocenters. The summed E-state index contributed by atoms with van der Waals surface area (Å²) in [5.41, 5.74) is 3.07. The Labute approximate surface area is 177 Å². The summed E-state index contributed by atoms with van der Waals surface area (Å²) in [6.07, 6.45) is 3.46. The number of fused-ring (bicyclic) bond motifs is 1. The fraction of sp³-hybridized carbons (Fsp3) is 0.238. The molecule has 0 saturated heterocycles. The number of rotatable bonds is 5. The Bertz CT molecular complexity index is 1170. The maximum absolute atomic E-state index is 13.5. The molecule has 8 heteroatoms. The quantitative estimate of drug-likeness (QED) is 0.436. The summed E-state index contributed by atoms with van der Waals surface area (Å²) < 4.78 is 2.79. The van der Waals surface area contributed by atoms with Crippen molar-refractivity contribution in [1.29, 1.82) is 0 Å². The molecule has 0 aliphatic heterocycles. The van der Waals surface area contributed by atoms with E-state index in [0.29, 0.717) is 22.4 Å². The number of amides is 1. The van der Waals surface area contributed by atoms with Gasteiger partial charge in [0.25, 0.3) is 5.91 Å². The Balaban J connectivity index is 1.76. The molecule has 148 valence electrons.